The zero-order valence-electron chi connectivity index (χ0n) is 10.4. The Hall–Kier alpha value is -0.530. The summed E-state index contributed by atoms with van der Waals surface area (Å²) < 4.78 is 0. The number of rotatable bonds is 4. The van der Waals surface area contributed by atoms with Gasteiger partial charge in [-0.15, -0.1) is 24.0 Å². The van der Waals surface area contributed by atoms with Crippen molar-refractivity contribution in [3.8, 4) is 0 Å². The zero-order chi connectivity index (χ0) is 11.8. The molecule has 0 atom stereocenters. The summed E-state index contributed by atoms with van der Waals surface area (Å²) in [4.78, 5) is 15.1. The van der Waals surface area contributed by atoms with Crippen molar-refractivity contribution in [1.29, 1.82) is 0 Å². The Balaban J connectivity index is 0.00000256. The fourth-order valence-electron chi connectivity index (χ4n) is 1.91. The zero-order valence-corrected chi connectivity index (χ0v) is 12.7. The van der Waals surface area contributed by atoms with E-state index in [1.807, 2.05) is 6.92 Å². The molecule has 0 heterocycles. The lowest BCUT2D eigenvalue weighted by Crippen LogP contribution is -2.41. The minimum Gasteiger partial charge on any atom is -0.370 e. The summed E-state index contributed by atoms with van der Waals surface area (Å²) in [6.07, 6.45) is 6.12. The fourth-order valence-corrected chi connectivity index (χ4v) is 1.91. The Labute approximate surface area is 120 Å². The summed E-state index contributed by atoms with van der Waals surface area (Å²) in [5, 5.41) is 5.84. The molecule has 17 heavy (non-hydrogen) atoms. The molecular weight excluding hydrogens is 331 g/mol. The fraction of sp³-hybridized carbons (Fsp3) is 0.818. The van der Waals surface area contributed by atoms with Gasteiger partial charge in [-0.25, -0.2) is 4.99 Å². The summed E-state index contributed by atoms with van der Waals surface area (Å²) >= 11 is 0. The number of aliphatic imine (C=N–C) groups is 1. The van der Waals surface area contributed by atoms with E-state index in [9.17, 15) is 4.79 Å². The maximum Gasteiger partial charge on any atom is 0.241 e. The van der Waals surface area contributed by atoms with Crippen molar-refractivity contribution in [1.82, 2.24) is 10.6 Å². The number of amides is 1. The van der Waals surface area contributed by atoms with Crippen LogP contribution in [0.3, 0.4) is 0 Å². The Morgan fingerprint density at radius 1 is 1.35 bits per heavy atom. The van der Waals surface area contributed by atoms with Crippen LogP contribution in [0, 0.1) is 0 Å². The number of nitrogens with two attached hydrogens (primary N) is 1. The smallest absolute Gasteiger partial charge is 0.241 e. The van der Waals surface area contributed by atoms with E-state index in [-0.39, 0.29) is 36.4 Å². The number of nitrogens with one attached hydrogen (secondary N) is 2. The predicted molar refractivity (Wildman–Crippen MR) is 80.6 cm³/mol. The van der Waals surface area contributed by atoms with Gasteiger partial charge in [0.15, 0.2) is 5.96 Å². The van der Waals surface area contributed by atoms with Gasteiger partial charge in [-0.05, 0) is 19.8 Å². The van der Waals surface area contributed by atoms with E-state index in [0.717, 1.165) is 12.8 Å². The number of nitrogens with zero attached hydrogens (tertiary/aromatic N) is 1. The van der Waals surface area contributed by atoms with E-state index in [4.69, 9.17) is 5.73 Å². The third kappa shape index (κ3) is 7.40. The summed E-state index contributed by atoms with van der Waals surface area (Å²) in [5.41, 5.74) is 5.71. The Bertz CT molecular complexity index is 252. The van der Waals surface area contributed by atoms with Crippen molar-refractivity contribution in [2.45, 2.75) is 45.1 Å². The molecule has 0 unspecified atom stereocenters. The lowest BCUT2D eigenvalue weighted by Gasteiger charge is -2.23. The molecule has 1 saturated carbocycles. The van der Waals surface area contributed by atoms with E-state index in [2.05, 4.69) is 15.6 Å². The Morgan fingerprint density at radius 2 is 2.00 bits per heavy atom. The molecule has 5 nitrogen and oxygen atoms in total. The molecule has 0 bridgehead atoms. The molecule has 4 N–H and O–H groups in total. The van der Waals surface area contributed by atoms with Crippen LogP contribution >= 0.6 is 24.0 Å². The number of guanidine groups is 1. The molecule has 1 amide bonds. The van der Waals surface area contributed by atoms with E-state index < -0.39 is 0 Å². The third-order valence-corrected chi connectivity index (χ3v) is 2.72. The highest BCUT2D eigenvalue weighted by atomic mass is 127. The molecule has 1 aliphatic rings. The molecule has 0 radical (unpaired) electrons. The van der Waals surface area contributed by atoms with E-state index in [1.165, 1.54) is 19.3 Å². The molecule has 0 aromatic rings. The summed E-state index contributed by atoms with van der Waals surface area (Å²) in [5.74, 6) is 0.300. The molecule has 1 rings (SSSR count). The number of hydrogen-bond acceptors (Lipinski definition) is 2. The highest BCUT2D eigenvalue weighted by molar-refractivity contribution is 14.0. The summed E-state index contributed by atoms with van der Waals surface area (Å²) in [6, 6.07) is 0.437. The molecule has 6 heteroatoms. The largest absolute Gasteiger partial charge is 0.370 e. The second-order valence-corrected chi connectivity index (χ2v) is 4.13. The van der Waals surface area contributed by atoms with Gasteiger partial charge in [-0.2, -0.15) is 0 Å². The van der Waals surface area contributed by atoms with Gasteiger partial charge in [0, 0.05) is 12.6 Å². The molecule has 0 aromatic heterocycles. The molecule has 0 aliphatic heterocycles. The van der Waals surface area contributed by atoms with Crippen molar-refractivity contribution in [3.05, 3.63) is 0 Å². The van der Waals surface area contributed by atoms with Crippen LogP contribution in [-0.2, 0) is 4.79 Å². The van der Waals surface area contributed by atoms with Crippen LogP contribution in [0.2, 0.25) is 0 Å². The van der Waals surface area contributed by atoms with Crippen LogP contribution in [0.5, 0.6) is 0 Å². The number of carbonyl (C=O) groups excluding carboxylic acids is 1. The monoisotopic (exact) mass is 354 g/mol. The highest BCUT2D eigenvalue weighted by Gasteiger charge is 2.13. The van der Waals surface area contributed by atoms with Gasteiger partial charge in [0.2, 0.25) is 5.91 Å². The standard InChI is InChI=1S/C11H22N4O.HI/c1-2-13-10(16)8-14-11(12)15-9-6-4-3-5-7-9;/h9H,2-8H2,1H3,(H,13,16)(H3,12,14,15);1H. The van der Waals surface area contributed by atoms with Crippen LogP contribution in [0.15, 0.2) is 4.99 Å². The van der Waals surface area contributed by atoms with Crippen molar-refractivity contribution in [2.24, 2.45) is 10.7 Å². The van der Waals surface area contributed by atoms with Gasteiger partial charge in [-0.3, -0.25) is 4.79 Å². The maximum absolute atomic E-state index is 11.1. The van der Waals surface area contributed by atoms with Gasteiger partial charge in [0.25, 0.3) is 0 Å². The van der Waals surface area contributed by atoms with Gasteiger partial charge in [-0.1, -0.05) is 19.3 Å². The lowest BCUT2D eigenvalue weighted by atomic mass is 9.96. The maximum atomic E-state index is 11.1. The van der Waals surface area contributed by atoms with Gasteiger partial charge >= 0.3 is 0 Å². The third-order valence-electron chi connectivity index (χ3n) is 2.72. The van der Waals surface area contributed by atoms with Crippen LogP contribution in [0.4, 0.5) is 0 Å². The minimum absolute atomic E-state index is 0. The first kappa shape index (κ1) is 16.5. The number of hydrogen-bond donors (Lipinski definition) is 3. The number of halogens is 1. The van der Waals surface area contributed by atoms with Gasteiger partial charge in [0.1, 0.15) is 6.54 Å². The van der Waals surface area contributed by atoms with E-state index in [1.54, 1.807) is 0 Å². The van der Waals surface area contributed by atoms with Crippen molar-refractivity contribution in [3.63, 3.8) is 0 Å². The molecule has 0 spiro atoms. The predicted octanol–water partition coefficient (Wildman–Crippen LogP) is 0.977. The molecular formula is C11H23IN4O. The summed E-state index contributed by atoms with van der Waals surface area (Å²) in [7, 11) is 0. The normalized spacial score (nSPS) is 17.1. The Morgan fingerprint density at radius 3 is 2.59 bits per heavy atom. The molecule has 100 valence electrons. The van der Waals surface area contributed by atoms with Crippen molar-refractivity contribution >= 4 is 35.8 Å². The van der Waals surface area contributed by atoms with E-state index >= 15 is 0 Å². The average molecular weight is 354 g/mol. The summed E-state index contributed by atoms with van der Waals surface area (Å²) in [6.45, 7) is 2.62. The van der Waals surface area contributed by atoms with E-state index in [0.29, 0.717) is 18.5 Å². The molecule has 1 aliphatic carbocycles. The number of likely N-dealkylation sites (N-methyl/N-ethyl adjacent to an activating group) is 1. The highest BCUT2D eigenvalue weighted by Crippen LogP contribution is 2.16. The lowest BCUT2D eigenvalue weighted by molar-refractivity contribution is -0.119. The molecule has 1 fully saturated rings. The second-order valence-electron chi connectivity index (χ2n) is 4.13. The first-order valence-corrected chi connectivity index (χ1v) is 6.05. The topological polar surface area (TPSA) is 79.5 Å². The second kappa shape index (κ2) is 9.49. The first-order chi connectivity index (χ1) is 7.72. The van der Waals surface area contributed by atoms with Gasteiger partial charge in [0.05, 0.1) is 0 Å². The SMILES string of the molecule is CCNC(=O)CN=C(N)NC1CCCCC1.I. The van der Waals surface area contributed by atoms with Crippen molar-refractivity contribution in [2.75, 3.05) is 13.1 Å². The molecule has 0 saturated heterocycles. The van der Waals surface area contributed by atoms with Crippen LogP contribution in [0.25, 0.3) is 0 Å². The molecule has 0 aromatic carbocycles. The van der Waals surface area contributed by atoms with Crippen LogP contribution < -0.4 is 16.4 Å². The van der Waals surface area contributed by atoms with Crippen LogP contribution in [0.1, 0.15) is 39.0 Å². The minimum atomic E-state index is -0.0871. The van der Waals surface area contributed by atoms with Crippen LogP contribution in [-0.4, -0.2) is 31.0 Å². The number of carbonyl (C=O) groups is 1. The average Bonchev–Trinajstić information content (AvgIpc) is 2.28. The van der Waals surface area contributed by atoms with Gasteiger partial charge < -0.3 is 16.4 Å². The Kier molecular flexibility index (Phi) is 9.20. The quantitative estimate of drug-likeness (QED) is 0.400. The van der Waals surface area contributed by atoms with Crippen molar-refractivity contribution < 1.29 is 4.79 Å². The first-order valence-electron chi connectivity index (χ1n) is 6.05.